The van der Waals surface area contributed by atoms with Crippen LogP contribution < -0.4 is 0 Å². The number of aliphatic hydroxyl groups excluding tert-OH is 1. The molecule has 0 spiro atoms. The number of halogens is 1. The Hall–Kier alpha value is -2.73. The average Bonchev–Trinajstić information content (AvgIpc) is 3.31. The Kier molecular flexibility index (Phi) is 5.86. The molecular formula is C24H27FN2O3. The fourth-order valence-corrected chi connectivity index (χ4v) is 5.01. The lowest BCUT2D eigenvalue weighted by atomic mass is 9.87. The van der Waals surface area contributed by atoms with Crippen molar-refractivity contribution in [1.29, 1.82) is 0 Å². The van der Waals surface area contributed by atoms with Gasteiger partial charge in [-0.05, 0) is 36.1 Å². The van der Waals surface area contributed by atoms with Gasteiger partial charge in [0.05, 0.1) is 6.04 Å². The molecule has 0 unspecified atom stereocenters. The van der Waals surface area contributed by atoms with E-state index in [9.17, 15) is 19.1 Å². The standard InChI is InChI=1S/C24H27FN2O3/c1-16-6-2-4-8-19(16)24-20-14-26(23(30)15-28)12-18(20)13-27(24)22(29)11-10-17-7-3-5-9-21(17)25/h2-9,18,20,24,28H,10-15H2,1H3/t18-,20-,24+/m0/s1. The molecule has 0 aromatic heterocycles. The first-order valence-corrected chi connectivity index (χ1v) is 10.5. The van der Waals surface area contributed by atoms with Crippen LogP contribution in [-0.4, -0.2) is 53.0 Å². The number of aliphatic hydroxyl groups is 1. The summed E-state index contributed by atoms with van der Waals surface area (Å²) in [6.45, 7) is 3.23. The maximum atomic E-state index is 14.0. The number of likely N-dealkylation sites (tertiary alicyclic amines) is 2. The van der Waals surface area contributed by atoms with Crippen LogP contribution >= 0.6 is 0 Å². The Bertz CT molecular complexity index is 948. The summed E-state index contributed by atoms with van der Waals surface area (Å²) in [6, 6.07) is 14.5. The van der Waals surface area contributed by atoms with E-state index >= 15 is 0 Å². The maximum Gasteiger partial charge on any atom is 0.248 e. The minimum absolute atomic E-state index is 0.0148. The monoisotopic (exact) mass is 410 g/mol. The van der Waals surface area contributed by atoms with E-state index in [1.54, 1.807) is 23.1 Å². The Morgan fingerprint density at radius 3 is 2.50 bits per heavy atom. The van der Waals surface area contributed by atoms with Gasteiger partial charge in [-0.15, -0.1) is 0 Å². The zero-order chi connectivity index (χ0) is 21.3. The van der Waals surface area contributed by atoms with Crippen molar-refractivity contribution >= 4 is 11.8 Å². The Labute approximate surface area is 176 Å². The van der Waals surface area contributed by atoms with Crippen molar-refractivity contribution in [2.45, 2.75) is 25.8 Å². The molecule has 2 aliphatic rings. The summed E-state index contributed by atoms with van der Waals surface area (Å²) >= 11 is 0. The summed E-state index contributed by atoms with van der Waals surface area (Å²) in [5, 5.41) is 9.24. The van der Waals surface area contributed by atoms with Crippen LogP contribution in [0.25, 0.3) is 0 Å². The van der Waals surface area contributed by atoms with Crippen molar-refractivity contribution in [3.8, 4) is 0 Å². The number of carbonyl (C=O) groups is 2. The van der Waals surface area contributed by atoms with E-state index in [1.807, 2.05) is 30.0 Å². The van der Waals surface area contributed by atoms with Crippen molar-refractivity contribution in [3.63, 3.8) is 0 Å². The number of hydrogen-bond donors (Lipinski definition) is 1. The smallest absolute Gasteiger partial charge is 0.248 e. The fourth-order valence-electron chi connectivity index (χ4n) is 5.01. The number of fused-ring (bicyclic) bond motifs is 1. The highest BCUT2D eigenvalue weighted by molar-refractivity contribution is 5.79. The van der Waals surface area contributed by atoms with Gasteiger partial charge in [0.1, 0.15) is 12.4 Å². The number of rotatable bonds is 5. The SMILES string of the molecule is Cc1ccccc1[C@@H]1[C@H]2CN(C(=O)CO)C[C@H]2CN1C(=O)CCc1ccccc1F. The normalized spacial score (nSPS) is 23.0. The minimum atomic E-state index is -0.486. The lowest BCUT2D eigenvalue weighted by molar-refractivity contribution is -0.134. The number of hydrogen-bond acceptors (Lipinski definition) is 3. The second-order valence-corrected chi connectivity index (χ2v) is 8.32. The van der Waals surface area contributed by atoms with E-state index < -0.39 is 6.61 Å². The predicted octanol–water partition coefficient (Wildman–Crippen LogP) is 2.72. The van der Waals surface area contributed by atoms with Gasteiger partial charge >= 0.3 is 0 Å². The van der Waals surface area contributed by atoms with Crippen molar-refractivity contribution in [2.24, 2.45) is 11.8 Å². The maximum absolute atomic E-state index is 14.0. The molecule has 3 atom stereocenters. The van der Waals surface area contributed by atoms with E-state index in [4.69, 9.17) is 0 Å². The van der Waals surface area contributed by atoms with Gasteiger partial charge in [0.15, 0.2) is 0 Å². The van der Waals surface area contributed by atoms with Crippen LogP contribution in [0.15, 0.2) is 48.5 Å². The molecule has 2 amide bonds. The molecule has 0 saturated carbocycles. The van der Waals surface area contributed by atoms with Gasteiger partial charge in [0.2, 0.25) is 11.8 Å². The third kappa shape index (κ3) is 3.84. The highest BCUT2D eigenvalue weighted by atomic mass is 19.1. The highest BCUT2D eigenvalue weighted by Crippen LogP contribution is 2.46. The number of aryl methyl sites for hydroxylation is 2. The van der Waals surface area contributed by atoms with Crippen LogP contribution in [0.1, 0.15) is 29.2 Å². The van der Waals surface area contributed by atoms with Crippen molar-refractivity contribution in [2.75, 3.05) is 26.2 Å². The first-order valence-electron chi connectivity index (χ1n) is 10.5. The molecular weight excluding hydrogens is 383 g/mol. The van der Waals surface area contributed by atoms with Crippen molar-refractivity contribution in [3.05, 3.63) is 71.0 Å². The number of benzene rings is 2. The molecule has 0 aliphatic carbocycles. The van der Waals surface area contributed by atoms with E-state index in [0.717, 1.165) is 11.1 Å². The van der Waals surface area contributed by atoms with Crippen molar-refractivity contribution < 1.29 is 19.1 Å². The van der Waals surface area contributed by atoms with Crippen LogP contribution in [-0.2, 0) is 16.0 Å². The van der Waals surface area contributed by atoms with E-state index in [1.165, 1.54) is 6.07 Å². The predicted molar refractivity (Wildman–Crippen MR) is 111 cm³/mol. The molecule has 2 aliphatic heterocycles. The molecule has 2 aromatic rings. The Morgan fingerprint density at radius 2 is 1.77 bits per heavy atom. The van der Waals surface area contributed by atoms with Crippen LogP contribution in [0.4, 0.5) is 4.39 Å². The zero-order valence-corrected chi connectivity index (χ0v) is 17.1. The topological polar surface area (TPSA) is 60.9 Å². The Balaban J connectivity index is 1.56. The molecule has 2 heterocycles. The van der Waals surface area contributed by atoms with Gasteiger partial charge in [-0.3, -0.25) is 9.59 Å². The lowest BCUT2D eigenvalue weighted by Crippen LogP contribution is -2.38. The summed E-state index contributed by atoms with van der Waals surface area (Å²) in [7, 11) is 0. The first kappa shape index (κ1) is 20.5. The van der Waals surface area contributed by atoms with Crippen LogP contribution in [0.5, 0.6) is 0 Å². The van der Waals surface area contributed by atoms with Crippen LogP contribution in [0, 0.1) is 24.6 Å². The summed E-state index contributed by atoms with van der Waals surface area (Å²) in [5.41, 5.74) is 2.77. The lowest BCUT2D eigenvalue weighted by Gasteiger charge is -2.31. The molecule has 6 heteroatoms. The molecule has 2 aromatic carbocycles. The van der Waals surface area contributed by atoms with Gasteiger partial charge in [0.25, 0.3) is 0 Å². The summed E-state index contributed by atoms with van der Waals surface area (Å²) in [6.07, 6.45) is 0.620. The number of amides is 2. The van der Waals surface area contributed by atoms with E-state index in [-0.39, 0.29) is 41.9 Å². The quantitative estimate of drug-likeness (QED) is 0.825. The van der Waals surface area contributed by atoms with Gasteiger partial charge < -0.3 is 14.9 Å². The first-order chi connectivity index (χ1) is 14.5. The van der Waals surface area contributed by atoms with Gasteiger partial charge in [-0.25, -0.2) is 4.39 Å². The summed E-state index contributed by atoms with van der Waals surface area (Å²) in [4.78, 5) is 28.9. The van der Waals surface area contributed by atoms with Crippen molar-refractivity contribution in [1.82, 2.24) is 9.80 Å². The molecule has 0 radical (unpaired) electrons. The molecule has 2 fully saturated rings. The van der Waals surface area contributed by atoms with Gasteiger partial charge in [-0.1, -0.05) is 42.5 Å². The second-order valence-electron chi connectivity index (χ2n) is 8.32. The van der Waals surface area contributed by atoms with E-state index in [2.05, 4.69) is 6.07 Å². The highest BCUT2D eigenvalue weighted by Gasteiger charge is 2.50. The molecule has 5 nitrogen and oxygen atoms in total. The van der Waals surface area contributed by atoms with Gasteiger partial charge in [-0.2, -0.15) is 0 Å². The average molecular weight is 410 g/mol. The molecule has 0 bridgehead atoms. The Morgan fingerprint density at radius 1 is 1.03 bits per heavy atom. The molecule has 158 valence electrons. The molecule has 2 saturated heterocycles. The number of nitrogens with zero attached hydrogens (tertiary/aromatic N) is 2. The third-order valence-electron chi connectivity index (χ3n) is 6.55. The summed E-state index contributed by atoms with van der Waals surface area (Å²) < 4.78 is 14.0. The third-order valence-corrected chi connectivity index (χ3v) is 6.55. The fraction of sp³-hybridized carbons (Fsp3) is 0.417. The molecule has 4 rings (SSSR count). The molecule has 30 heavy (non-hydrogen) atoms. The molecule has 1 N–H and O–H groups in total. The minimum Gasteiger partial charge on any atom is -0.387 e. The van der Waals surface area contributed by atoms with Crippen LogP contribution in [0.3, 0.4) is 0 Å². The second kappa shape index (κ2) is 8.56. The largest absolute Gasteiger partial charge is 0.387 e. The van der Waals surface area contributed by atoms with Gasteiger partial charge in [0, 0.05) is 37.9 Å². The summed E-state index contributed by atoms with van der Waals surface area (Å²) in [5.74, 6) is -0.204. The van der Waals surface area contributed by atoms with E-state index in [0.29, 0.717) is 31.6 Å². The zero-order valence-electron chi connectivity index (χ0n) is 17.1. The number of carbonyl (C=O) groups excluding carboxylic acids is 2. The van der Waals surface area contributed by atoms with Crippen LogP contribution in [0.2, 0.25) is 0 Å².